The van der Waals surface area contributed by atoms with Crippen LogP contribution in [0.3, 0.4) is 0 Å². The Hall–Kier alpha value is -3.23. The highest BCUT2D eigenvalue weighted by Gasteiger charge is 2.30. The van der Waals surface area contributed by atoms with Gasteiger partial charge < -0.3 is 15.1 Å². The van der Waals surface area contributed by atoms with E-state index in [0.29, 0.717) is 6.54 Å². The number of benzene rings is 1. The molecule has 0 radical (unpaired) electrons. The van der Waals surface area contributed by atoms with Crippen LogP contribution in [0.4, 0.5) is 23.7 Å². The lowest BCUT2D eigenvalue weighted by molar-refractivity contribution is -0.137. The van der Waals surface area contributed by atoms with E-state index < -0.39 is 17.8 Å². The first-order valence-corrected chi connectivity index (χ1v) is 7.69. The maximum Gasteiger partial charge on any atom is 0.416 e. The molecule has 0 fully saturated rings. The summed E-state index contributed by atoms with van der Waals surface area (Å²) in [6.45, 7) is 0.672. The fourth-order valence-electron chi connectivity index (χ4n) is 2.30. The lowest BCUT2D eigenvalue weighted by atomic mass is 10.2. The Morgan fingerprint density at radius 3 is 2.81 bits per heavy atom. The number of amides is 2. The van der Waals surface area contributed by atoms with Crippen LogP contribution in [-0.2, 0) is 12.7 Å². The molecule has 0 bridgehead atoms. The Labute approximate surface area is 146 Å². The van der Waals surface area contributed by atoms with Crippen molar-refractivity contribution in [3.63, 3.8) is 0 Å². The molecule has 0 spiro atoms. The van der Waals surface area contributed by atoms with Crippen molar-refractivity contribution in [3.05, 3.63) is 60.8 Å². The fourth-order valence-corrected chi connectivity index (χ4v) is 2.30. The number of carbonyl (C=O) groups excluding carboxylic acids is 1. The molecule has 136 valence electrons. The Morgan fingerprint density at radius 1 is 1.23 bits per heavy atom. The molecular weight excluding hydrogens is 349 g/mol. The van der Waals surface area contributed by atoms with Crippen LogP contribution in [-0.4, -0.2) is 22.4 Å². The second-order valence-corrected chi connectivity index (χ2v) is 5.46. The van der Waals surface area contributed by atoms with E-state index in [1.54, 1.807) is 29.6 Å². The zero-order valence-corrected chi connectivity index (χ0v) is 13.5. The van der Waals surface area contributed by atoms with E-state index in [0.717, 1.165) is 23.3 Å². The monoisotopic (exact) mass is 364 g/mol. The standard InChI is InChI=1S/C17H15F3N4O2/c18-17(19,20)14-2-1-3-15(8-14)23-16(25)21-5-6-24-10-13(9-22-24)12-4-7-26-11-12/h1-4,7-11H,5-6H2,(H2,21,23,25). The van der Waals surface area contributed by atoms with E-state index in [1.165, 1.54) is 12.1 Å². The molecule has 0 saturated heterocycles. The third-order valence-corrected chi connectivity index (χ3v) is 3.56. The molecule has 0 aliphatic heterocycles. The second kappa shape index (κ2) is 7.34. The summed E-state index contributed by atoms with van der Waals surface area (Å²) in [6.07, 6.45) is 2.18. The van der Waals surface area contributed by atoms with Gasteiger partial charge in [-0.1, -0.05) is 6.07 Å². The molecule has 2 aromatic heterocycles. The van der Waals surface area contributed by atoms with E-state index in [-0.39, 0.29) is 12.2 Å². The minimum absolute atomic E-state index is 0.0682. The smallest absolute Gasteiger partial charge is 0.416 e. The van der Waals surface area contributed by atoms with Gasteiger partial charge in [0.05, 0.1) is 30.8 Å². The molecule has 2 N–H and O–H groups in total. The van der Waals surface area contributed by atoms with Gasteiger partial charge in [-0.15, -0.1) is 0 Å². The van der Waals surface area contributed by atoms with Crippen molar-refractivity contribution in [1.82, 2.24) is 15.1 Å². The predicted octanol–water partition coefficient (Wildman–Crippen LogP) is 3.98. The van der Waals surface area contributed by atoms with Gasteiger partial charge in [-0.2, -0.15) is 18.3 Å². The summed E-state index contributed by atoms with van der Waals surface area (Å²) in [5.74, 6) is 0. The topological polar surface area (TPSA) is 72.1 Å². The van der Waals surface area contributed by atoms with Crippen molar-refractivity contribution in [1.29, 1.82) is 0 Å². The molecular formula is C17H15F3N4O2. The summed E-state index contributed by atoms with van der Waals surface area (Å²) in [6, 6.07) is 5.66. The number of hydrogen-bond acceptors (Lipinski definition) is 3. The van der Waals surface area contributed by atoms with Crippen LogP contribution in [0.5, 0.6) is 0 Å². The van der Waals surface area contributed by atoms with Crippen molar-refractivity contribution in [3.8, 4) is 11.1 Å². The molecule has 2 heterocycles. The van der Waals surface area contributed by atoms with Gasteiger partial charge in [-0.3, -0.25) is 4.68 Å². The van der Waals surface area contributed by atoms with Crippen molar-refractivity contribution in [2.75, 3.05) is 11.9 Å². The molecule has 0 atom stereocenters. The van der Waals surface area contributed by atoms with E-state index in [9.17, 15) is 18.0 Å². The molecule has 0 aliphatic carbocycles. The first kappa shape index (κ1) is 17.6. The average molecular weight is 364 g/mol. The summed E-state index contributed by atoms with van der Waals surface area (Å²) in [4.78, 5) is 11.8. The van der Waals surface area contributed by atoms with Crippen molar-refractivity contribution >= 4 is 11.7 Å². The van der Waals surface area contributed by atoms with Gasteiger partial charge >= 0.3 is 12.2 Å². The Bertz CT molecular complexity index is 872. The van der Waals surface area contributed by atoms with Crippen LogP contribution in [0.1, 0.15) is 5.56 Å². The van der Waals surface area contributed by atoms with E-state index in [1.807, 2.05) is 6.07 Å². The van der Waals surface area contributed by atoms with E-state index in [4.69, 9.17) is 4.42 Å². The van der Waals surface area contributed by atoms with Gasteiger partial charge in [-0.05, 0) is 24.3 Å². The molecule has 2 amide bonds. The molecule has 6 nitrogen and oxygen atoms in total. The van der Waals surface area contributed by atoms with Gasteiger partial charge in [0, 0.05) is 29.6 Å². The number of alkyl halides is 3. The number of nitrogens with one attached hydrogen (secondary N) is 2. The third-order valence-electron chi connectivity index (χ3n) is 3.56. The molecule has 3 rings (SSSR count). The van der Waals surface area contributed by atoms with Crippen LogP contribution in [0.25, 0.3) is 11.1 Å². The first-order valence-electron chi connectivity index (χ1n) is 7.69. The van der Waals surface area contributed by atoms with Crippen molar-refractivity contribution in [2.24, 2.45) is 0 Å². The average Bonchev–Trinajstić information content (AvgIpc) is 3.25. The SMILES string of the molecule is O=C(NCCn1cc(-c2ccoc2)cn1)Nc1cccc(C(F)(F)F)c1. The molecule has 3 aromatic rings. The number of aromatic nitrogens is 2. The summed E-state index contributed by atoms with van der Waals surface area (Å²) in [7, 11) is 0. The maximum absolute atomic E-state index is 12.7. The minimum atomic E-state index is -4.46. The number of carbonyl (C=O) groups is 1. The first-order chi connectivity index (χ1) is 12.4. The minimum Gasteiger partial charge on any atom is -0.472 e. The normalized spacial score (nSPS) is 11.3. The van der Waals surface area contributed by atoms with Gasteiger partial charge in [0.2, 0.25) is 0 Å². The van der Waals surface area contributed by atoms with E-state index >= 15 is 0 Å². The summed E-state index contributed by atoms with van der Waals surface area (Å²) >= 11 is 0. The van der Waals surface area contributed by atoms with Gasteiger partial charge in [0.25, 0.3) is 0 Å². The number of nitrogens with zero attached hydrogens (tertiary/aromatic N) is 2. The molecule has 26 heavy (non-hydrogen) atoms. The predicted molar refractivity (Wildman–Crippen MR) is 88.4 cm³/mol. The molecule has 9 heteroatoms. The van der Waals surface area contributed by atoms with Crippen LogP contribution in [0, 0.1) is 0 Å². The second-order valence-electron chi connectivity index (χ2n) is 5.46. The maximum atomic E-state index is 12.7. The van der Waals surface area contributed by atoms with Crippen LogP contribution >= 0.6 is 0 Å². The highest BCUT2D eigenvalue weighted by molar-refractivity contribution is 5.89. The Balaban J connectivity index is 1.49. The molecule has 0 aliphatic rings. The highest BCUT2D eigenvalue weighted by Crippen LogP contribution is 2.30. The van der Waals surface area contributed by atoms with Crippen molar-refractivity contribution in [2.45, 2.75) is 12.7 Å². The molecule has 0 unspecified atom stereocenters. The lowest BCUT2D eigenvalue weighted by Gasteiger charge is -2.10. The number of rotatable bonds is 5. The molecule has 1 aromatic carbocycles. The van der Waals surface area contributed by atoms with Crippen molar-refractivity contribution < 1.29 is 22.4 Å². The molecule has 0 saturated carbocycles. The summed E-state index contributed by atoms with van der Waals surface area (Å²) in [5.41, 5.74) is 1.02. The lowest BCUT2D eigenvalue weighted by Crippen LogP contribution is -2.31. The van der Waals surface area contributed by atoms with Crippen LogP contribution < -0.4 is 10.6 Å². The zero-order chi connectivity index (χ0) is 18.6. The number of anilines is 1. The van der Waals surface area contributed by atoms with E-state index in [2.05, 4.69) is 15.7 Å². The number of hydrogen-bond donors (Lipinski definition) is 2. The number of urea groups is 1. The summed E-state index contributed by atoms with van der Waals surface area (Å²) < 4.78 is 44.6. The van der Waals surface area contributed by atoms with Gasteiger partial charge in [0.15, 0.2) is 0 Å². The Kier molecular flexibility index (Phi) is 4.97. The zero-order valence-electron chi connectivity index (χ0n) is 13.5. The van der Waals surface area contributed by atoms with Crippen LogP contribution in [0.15, 0.2) is 59.7 Å². The Morgan fingerprint density at radius 2 is 2.08 bits per heavy atom. The quantitative estimate of drug-likeness (QED) is 0.719. The number of halogens is 3. The highest BCUT2D eigenvalue weighted by atomic mass is 19.4. The largest absolute Gasteiger partial charge is 0.472 e. The van der Waals surface area contributed by atoms with Gasteiger partial charge in [-0.25, -0.2) is 4.79 Å². The summed E-state index contributed by atoms with van der Waals surface area (Å²) in [5, 5.41) is 9.12. The van der Waals surface area contributed by atoms with Crippen LogP contribution in [0.2, 0.25) is 0 Å². The van der Waals surface area contributed by atoms with Gasteiger partial charge in [0.1, 0.15) is 0 Å². The fraction of sp³-hybridized carbons (Fsp3) is 0.176. The number of furan rings is 1. The third kappa shape index (κ3) is 4.44.